The highest BCUT2D eigenvalue weighted by Crippen LogP contribution is 2.16. The van der Waals surface area contributed by atoms with E-state index in [1.165, 1.54) is 16.8 Å². The second-order valence-corrected chi connectivity index (χ2v) is 6.13. The molecule has 2 aromatic carbocycles. The topological polar surface area (TPSA) is 98.7 Å². The van der Waals surface area contributed by atoms with Gasteiger partial charge in [0.2, 0.25) is 5.82 Å². The van der Waals surface area contributed by atoms with Crippen molar-refractivity contribution in [3.05, 3.63) is 77.0 Å². The molecule has 10 heteroatoms. The summed E-state index contributed by atoms with van der Waals surface area (Å²) in [5.74, 6) is -0.992. The molecule has 140 valence electrons. The number of nitrogens with zero attached hydrogens (tertiary/aromatic N) is 5. The van der Waals surface area contributed by atoms with Crippen LogP contribution in [-0.2, 0) is 6.54 Å². The largest absolute Gasteiger partial charge is 0.344 e. The van der Waals surface area contributed by atoms with Gasteiger partial charge in [0, 0.05) is 11.6 Å². The monoisotopic (exact) mass is 398 g/mol. The zero-order valence-corrected chi connectivity index (χ0v) is 15.0. The Hall–Kier alpha value is -3.59. The van der Waals surface area contributed by atoms with Crippen LogP contribution in [0.2, 0.25) is 5.02 Å². The Morgan fingerprint density at radius 2 is 1.96 bits per heavy atom. The summed E-state index contributed by atoms with van der Waals surface area (Å²) in [5.41, 5.74) is 1.68. The number of carbonyl (C=O) groups excluding carboxylic acids is 1. The highest BCUT2D eigenvalue weighted by atomic mass is 35.5. The molecule has 0 saturated heterocycles. The summed E-state index contributed by atoms with van der Waals surface area (Å²) in [5, 5.41) is 14.8. The summed E-state index contributed by atoms with van der Waals surface area (Å²) in [4.78, 5) is 16.2. The predicted octanol–water partition coefficient (Wildman–Crippen LogP) is 3.04. The lowest BCUT2D eigenvalue weighted by atomic mass is 10.2. The van der Waals surface area contributed by atoms with Gasteiger partial charge in [-0.2, -0.15) is 4.98 Å². The fourth-order valence-electron chi connectivity index (χ4n) is 2.40. The second kappa shape index (κ2) is 7.57. The van der Waals surface area contributed by atoms with E-state index in [0.29, 0.717) is 16.4 Å². The third kappa shape index (κ3) is 3.74. The van der Waals surface area contributed by atoms with Gasteiger partial charge >= 0.3 is 11.8 Å². The molecule has 8 nitrogen and oxygen atoms in total. The van der Waals surface area contributed by atoms with Crippen LogP contribution >= 0.6 is 11.6 Å². The molecule has 0 radical (unpaired) electrons. The Balaban J connectivity index is 1.46. The molecular weight excluding hydrogens is 387 g/mol. The normalized spacial score (nSPS) is 10.8. The van der Waals surface area contributed by atoms with Crippen LogP contribution in [0.25, 0.3) is 17.2 Å². The number of hydrogen-bond donors (Lipinski definition) is 1. The molecule has 0 unspecified atom stereocenters. The van der Waals surface area contributed by atoms with Crippen molar-refractivity contribution < 1.29 is 13.7 Å². The SMILES string of the molecule is O=C(NCc1ccccc1Cl)c1nc(-c2cn(-c3ccc(F)cc3)nn2)no1. The number of benzene rings is 2. The maximum Gasteiger partial charge on any atom is 0.316 e. The van der Waals surface area contributed by atoms with Gasteiger partial charge in [-0.15, -0.1) is 5.10 Å². The van der Waals surface area contributed by atoms with Crippen molar-refractivity contribution in [3.8, 4) is 17.2 Å². The van der Waals surface area contributed by atoms with Gasteiger partial charge in [0.1, 0.15) is 5.82 Å². The minimum absolute atomic E-state index is 0.108. The third-order valence-electron chi connectivity index (χ3n) is 3.83. The Morgan fingerprint density at radius 1 is 1.18 bits per heavy atom. The minimum atomic E-state index is -0.537. The van der Waals surface area contributed by atoms with Crippen LogP contribution in [-0.4, -0.2) is 31.0 Å². The number of aromatic nitrogens is 5. The van der Waals surface area contributed by atoms with Crippen molar-refractivity contribution in [3.63, 3.8) is 0 Å². The lowest BCUT2D eigenvalue weighted by Gasteiger charge is -2.04. The summed E-state index contributed by atoms with van der Waals surface area (Å²) in [7, 11) is 0. The van der Waals surface area contributed by atoms with E-state index in [0.717, 1.165) is 5.56 Å². The molecular formula is C18H12ClFN6O2. The van der Waals surface area contributed by atoms with Crippen LogP contribution in [0.15, 0.2) is 59.3 Å². The Labute approximate surface area is 162 Å². The lowest BCUT2D eigenvalue weighted by molar-refractivity contribution is 0.0907. The highest BCUT2D eigenvalue weighted by Gasteiger charge is 2.18. The quantitative estimate of drug-likeness (QED) is 0.554. The van der Waals surface area contributed by atoms with Crippen molar-refractivity contribution in [2.24, 2.45) is 0 Å². The van der Waals surface area contributed by atoms with Crippen molar-refractivity contribution in [2.45, 2.75) is 6.54 Å². The fourth-order valence-corrected chi connectivity index (χ4v) is 2.60. The number of carbonyl (C=O) groups is 1. The van der Waals surface area contributed by atoms with E-state index in [2.05, 4.69) is 25.8 Å². The van der Waals surface area contributed by atoms with E-state index in [1.807, 2.05) is 6.07 Å². The zero-order chi connectivity index (χ0) is 19.5. The number of rotatable bonds is 5. The van der Waals surface area contributed by atoms with E-state index >= 15 is 0 Å². The minimum Gasteiger partial charge on any atom is -0.344 e. The summed E-state index contributed by atoms with van der Waals surface area (Å²) >= 11 is 6.06. The average Bonchev–Trinajstić information content (AvgIpc) is 3.37. The van der Waals surface area contributed by atoms with E-state index in [1.54, 1.807) is 36.5 Å². The molecule has 2 heterocycles. The first-order valence-electron chi connectivity index (χ1n) is 8.14. The van der Waals surface area contributed by atoms with Crippen LogP contribution in [0.3, 0.4) is 0 Å². The maximum absolute atomic E-state index is 13.0. The fraction of sp³-hybridized carbons (Fsp3) is 0.0556. The first-order chi connectivity index (χ1) is 13.6. The van der Waals surface area contributed by atoms with Gasteiger partial charge in [0.15, 0.2) is 5.69 Å². The predicted molar refractivity (Wildman–Crippen MR) is 97.2 cm³/mol. The van der Waals surface area contributed by atoms with Crippen LogP contribution in [0, 0.1) is 5.82 Å². The van der Waals surface area contributed by atoms with E-state index < -0.39 is 5.91 Å². The molecule has 28 heavy (non-hydrogen) atoms. The molecule has 0 saturated carbocycles. The second-order valence-electron chi connectivity index (χ2n) is 5.72. The lowest BCUT2D eigenvalue weighted by Crippen LogP contribution is -2.23. The molecule has 1 N–H and O–H groups in total. The van der Waals surface area contributed by atoms with Crippen molar-refractivity contribution in [1.29, 1.82) is 0 Å². The van der Waals surface area contributed by atoms with Crippen LogP contribution in [0.1, 0.15) is 16.2 Å². The molecule has 2 aromatic heterocycles. The van der Waals surface area contributed by atoms with E-state index in [-0.39, 0.29) is 24.1 Å². The Bertz CT molecular complexity index is 1130. The molecule has 0 atom stereocenters. The van der Waals surface area contributed by atoms with Gasteiger partial charge in [0.05, 0.1) is 11.9 Å². The number of nitrogens with one attached hydrogen (secondary N) is 1. The number of halogens is 2. The Morgan fingerprint density at radius 3 is 2.75 bits per heavy atom. The van der Waals surface area contributed by atoms with Gasteiger partial charge in [-0.1, -0.05) is 40.2 Å². The maximum atomic E-state index is 13.0. The van der Waals surface area contributed by atoms with Gasteiger partial charge in [-0.3, -0.25) is 4.79 Å². The van der Waals surface area contributed by atoms with Crippen LogP contribution < -0.4 is 5.32 Å². The number of hydrogen-bond acceptors (Lipinski definition) is 6. The molecule has 0 aliphatic rings. The molecule has 0 fully saturated rings. The highest BCUT2D eigenvalue weighted by molar-refractivity contribution is 6.31. The van der Waals surface area contributed by atoms with E-state index in [9.17, 15) is 9.18 Å². The standard InChI is InChI=1S/C18H12ClFN6O2/c19-14-4-2-1-3-11(14)9-21-17(27)18-22-16(24-28-18)15-10-26(25-23-15)13-7-5-12(20)6-8-13/h1-8,10H,9H2,(H,21,27). The summed E-state index contributed by atoms with van der Waals surface area (Å²) in [6.07, 6.45) is 1.55. The molecule has 0 spiro atoms. The summed E-state index contributed by atoms with van der Waals surface area (Å²) in [6, 6.07) is 12.9. The molecule has 4 rings (SSSR count). The molecule has 0 bridgehead atoms. The van der Waals surface area contributed by atoms with E-state index in [4.69, 9.17) is 16.1 Å². The zero-order valence-electron chi connectivity index (χ0n) is 14.2. The van der Waals surface area contributed by atoms with Crippen molar-refractivity contribution >= 4 is 17.5 Å². The molecule has 1 amide bonds. The molecule has 4 aromatic rings. The van der Waals surface area contributed by atoms with Gasteiger partial charge in [-0.25, -0.2) is 9.07 Å². The number of amides is 1. The van der Waals surface area contributed by atoms with Crippen molar-refractivity contribution in [2.75, 3.05) is 0 Å². The average molecular weight is 399 g/mol. The van der Waals surface area contributed by atoms with Gasteiger partial charge in [-0.05, 0) is 35.9 Å². The Kier molecular flexibility index (Phi) is 4.81. The van der Waals surface area contributed by atoms with Crippen molar-refractivity contribution in [1.82, 2.24) is 30.5 Å². The van der Waals surface area contributed by atoms with Gasteiger partial charge < -0.3 is 9.84 Å². The first kappa shape index (κ1) is 17.8. The first-order valence-corrected chi connectivity index (χ1v) is 8.52. The van der Waals surface area contributed by atoms with Crippen LogP contribution in [0.4, 0.5) is 4.39 Å². The van der Waals surface area contributed by atoms with Gasteiger partial charge in [0.25, 0.3) is 0 Å². The van der Waals surface area contributed by atoms with Crippen LogP contribution in [0.5, 0.6) is 0 Å². The summed E-state index contributed by atoms with van der Waals surface area (Å²) in [6.45, 7) is 0.219. The third-order valence-corrected chi connectivity index (χ3v) is 4.20. The molecule has 0 aliphatic carbocycles. The smallest absolute Gasteiger partial charge is 0.316 e. The summed E-state index contributed by atoms with van der Waals surface area (Å²) < 4.78 is 19.5. The molecule has 0 aliphatic heterocycles.